The second-order valence-electron chi connectivity index (χ2n) is 5.10. The second-order valence-corrected chi connectivity index (χ2v) is 7.60. The van der Waals surface area contributed by atoms with Crippen molar-refractivity contribution in [1.82, 2.24) is 15.6 Å². The predicted molar refractivity (Wildman–Crippen MR) is 92.0 cm³/mol. The van der Waals surface area contributed by atoms with Crippen LogP contribution < -0.4 is 15.8 Å². The van der Waals surface area contributed by atoms with Crippen molar-refractivity contribution in [2.45, 2.75) is 24.2 Å². The Kier molecular flexibility index (Phi) is 6.21. The number of alkyl halides is 3. The van der Waals surface area contributed by atoms with Gasteiger partial charge in [0.1, 0.15) is 5.01 Å². The Labute approximate surface area is 152 Å². The molecule has 2 rings (SSSR count). The molecule has 1 heterocycles. The number of nitrogens with two attached hydrogens (primary N) is 1. The fraction of sp³-hybridized carbons (Fsp3) is 0.286. The smallest absolute Gasteiger partial charge is 0.352 e. The lowest BCUT2D eigenvalue weighted by atomic mass is 10.2. The van der Waals surface area contributed by atoms with Crippen LogP contribution in [0.2, 0.25) is 0 Å². The first-order valence-electron chi connectivity index (χ1n) is 7.17. The fourth-order valence-corrected chi connectivity index (χ4v) is 3.24. The molecule has 26 heavy (non-hydrogen) atoms. The highest BCUT2D eigenvalue weighted by Crippen LogP contribution is 2.29. The lowest BCUT2D eigenvalue weighted by Crippen LogP contribution is -2.36. The largest absolute Gasteiger partial charge is 0.434 e. The van der Waals surface area contributed by atoms with Crippen LogP contribution >= 0.6 is 11.3 Å². The van der Waals surface area contributed by atoms with Gasteiger partial charge < -0.3 is 10.6 Å². The molecule has 0 aliphatic heterocycles. The van der Waals surface area contributed by atoms with Gasteiger partial charge in [0, 0.05) is 19.0 Å². The van der Waals surface area contributed by atoms with Gasteiger partial charge in [0.2, 0.25) is 10.0 Å². The maximum atomic E-state index is 12.5. The molecule has 0 unspecified atom stereocenters. The van der Waals surface area contributed by atoms with Gasteiger partial charge in [-0.3, -0.25) is 4.99 Å². The number of halogens is 3. The second kappa shape index (κ2) is 8.01. The molecule has 1 aromatic heterocycles. The van der Waals surface area contributed by atoms with Crippen molar-refractivity contribution >= 4 is 27.3 Å². The molecule has 0 fully saturated rings. The standard InChI is InChI=1S/C14H16F3N5O2S2/c1-19-13(21-7-12-22-11(8-25-12)14(15,16)17)20-6-9-3-2-4-10(5-9)26(18,23)24/h2-5,8H,6-7H2,1H3,(H2,18,23,24)(H2,19,20,21). The van der Waals surface area contributed by atoms with Crippen molar-refractivity contribution in [1.29, 1.82) is 0 Å². The van der Waals surface area contributed by atoms with E-state index in [1.807, 2.05) is 0 Å². The quantitative estimate of drug-likeness (QED) is 0.516. The third-order valence-electron chi connectivity index (χ3n) is 3.16. The summed E-state index contributed by atoms with van der Waals surface area (Å²) >= 11 is 0.891. The van der Waals surface area contributed by atoms with Crippen LogP contribution in [0.1, 0.15) is 16.3 Å². The lowest BCUT2D eigenvalue weighted by Gasteiger charge is -2.11. The predicted octanol–water partition coefficient (Wildman–Crippen LogP) is 1.67. The van der Waals surface area contributed by atoms with Crippen LogP contribution in [0.25, 0.3) is 0 Å². The number of nitrogens with zero attached hydrogens (tertiary/aromatic N) is 2. The normalized spacial score (nSPS) is 12.9. The van der Waals surface area contributed by atoms with E-state index in [9.17, 15) is 21.6 Å². The van der Waals surface area contributed by atoms with Crippen LogP contribution in [-0.2, 0) is 29.3 Å². The third kappa shape index (κ3) is 5.68. The van der Waals surface area contributed by atoms with Gasteiger partial charge in [0.05, 0.1) is 11.4 Å². The van der Waals surface area contributed by atoms with Gasteiger partial charge >= 0.3 is 6.18 Å². The average Bonchev–Trinajstić information content (AvgIpc) is 3.04. The van der Waals surface area contributed by atoms with E-state index in [2.05, 4.69) is 20.6 Å². The number of guanidine groups is 1. The van der Waals surface area contributed by atoms with E-state index in [1.54, 1.807) is 12.1 Å². The van der Waals surface area contributed by atoms with Gasteiger partial charge in [0.15, 0.2) is 11.7 Å². The summed E-state index contributed by atoms with van der Waals surface area (Å²) in [5, 5.41) is 12.1. The summed E-state index contributed by atoms with van der Waals surface area (Å²) in [7, 11) is -2.30. The number of aromatic nitrogens is 1. The van der Waals surface area contributed by atoms with Crippen molar-refractivity contribution in [2.24, 2.45) is 10.1 Å². The summed E-state index contributed by atoms with van der Waals surface area (Å²) in [6.45, 7) is 0.312. The maximum Gasteiger partial charge on any atom is 0.434 e. The monoisotopic (exact) mass is 407 g/mol. The summed E-state index contributed by atoms with van der Waals surface area (Å²) in [6.07, 6.45) is -4.47. The van der Waals surface area contributed by atoms with E-state index in [0.29, 0.717) is 11.5 Å². The summed E-state index contributed by atoms with van der Waals surface area (Å²) in [5.74, 6) is 0.328. The number of rotatable bonds is 5. The van der Waals surface area contributed by atoms with Crippen LogP contribution in [0.3, 0.4) is 0 Å². The molecular formula is C14H16F3N5O2S2. The molecule has 0 saturated carbocycles. The van der Waals surface area contributed by atoms with Gasteiger partial charge in [-0.2, -0.15) is 13.2 Å². The first-order chi connectivity index (χ1) is 12.1. The minimum Gasteiger partial charge on any atom is -0.352 e. The highest BCUT2D eigenvalue weighted by atomic mass is 32.2. The molecule has 0 aliphatic carbocycles. The average molecular weight is 407 g/mol. The molecular weight excluding hydrogens is 391 g/mol. The molecule has 0 aliphatic rings. The van der Waals surface area contributed by atoms with Crippen molar-refractivity contribution in [3.8, 4) is 0 Å². The van der Waals surface area contributed by atoms with E-state index in [1.165, 1.54) is 19.2 Å². The topological polar surface area (TPSA) is 109 Å². The molecule has 0 radical (unpaired) electrons. The minimum atomic E-state index is -4.47. The fourth-order valence-electron chi connectivity index (χ4n) is 1.92. The van der Waals surface area contributed by atoms with E-state index in [0.717, 1.165) is 16.7 Å². The number of sulfonamides is 1. The lowest BCUT2D eigenvalue weighted by molar-refractivity contribution is -0.140. The zero-order chi connectivity index (χ0) is 19.4. The van der Waals surface area contributed by atoms with Crippen molar-refractivity contribution in [2.75, 3.05) is 7.05 Å². The van der Waals surface area contributed by atoms with Crippen LogP contribution in [0.4, 0.5) is 13.2 Å². The van der Waals surface area contributed by atoms with Gasteiger partial charge in [0.25, 0.3) is 0 Å². The number of benzene rings is 1. The van der Waals surface area contributed by atoms with Crippen LogP contribution in [0, 0.1) is 0 Å². The van der Waals surface area contributed by atoms with E-state index >= 15 is 0 Å². The molecule has 4 N–H and O–H groups in total. The number of nitrogens with one attached hydrogen (secondary N) is 2. The Morgan fingerprint density at radius 2 is 2.00 bits per heavy atom. The molecule has 0 amide bonds. The van der Waals surface area contributed by atoms with Gasteiger partial charge in [-0.15, -0.1) is 11.3 Å². The molecule has 0 bridgehead atoms. The van der Waals surface area contributed by atoms with Gasteiger partial charge in [-0.05, 0) is 17.7 Å². The van der Waals surface area contributed by atoms with Crippen molar-refractivity contribution in [3.63, 3.8) is 0 Å². The number of primary sulfonamides is 1. The Balaban J connectivity index is 1.93. The molecule has 142 valence electrons. The van der Waals surface area contributed by atoms with Crippen LogP contribution in [0.15, 0.2) is 39.5 Å². The van der Waals surface area contributed by atoms with Crippen LogP contribution in [-0.4, -0.2) is 26.4 Å². The Morgan fingerprint density at radius 1 is 1.31 bits per heavy atom. The maximum absolute atomic E-state index is 12.5. The first-order valence-corrected chi connectivity index (χ1v) is 9.60. The van der Waals surface area contributed by atoms with Crippen molar-refractivity contribution < 1.29 is 21.6 Å². The van der Waals surface area contributed by atoms with Crippen molar-refractivity contribution in [3.05, 3.63) is 45.9 Å². The van der Waals surface area contributed by atoms with E-state index in [4.69, 9.17) is 5.14 Å². The molecule has 0 saturated heterocycles. The number of thiazole rings is 1. The number of hydrogen-bond acceptors (Lipinski definition) is 5. The summed E-state index contributed by atoms with van der Waals surface area (Å²) < 4.78 is 60.3. The molecule has 1 aromatic carbocycles. The summed E-state index contributed by atoms with van der Waals surface area (Å²) in [6, 6.07) is 6.06. The Morgan fingerprint density at radius 3 is 2.58 bits per heavy atom. The zero-order valence-corrected chi connectivity index (χ0v) is 15.2. The van der Waals surface area contributed by atoms with Crippen LogP contribution in [0.5, 0.6) is 0 Å². The molecule has 0 spiro atoms. The summed E-state index contributed by atoms with van der Waals surface area (Å²) in [4.78, 5) is 7.45. The zero-order valence-electron chi connectivity index (χ0n) is 13.5. The number of aliphatic imine (C=N–C) groups is 1. The summed E-state index contributed by atoms with van der Waals surface area (Å²) in [5.41, 5.74) is -0.282. The SMILES string of the molecule is CN=C(NCc1cccc(S(N)(=O)=O)c1)NCc1nc(C(F)(F)F)cs1. The van der Waals surface area contributed by atoms with E-state index in [-0.39, 0.29) is 23.0 Å². The minimum absolute atomic E-state index is 0.0118. The highest BCUT2D eigenvalue weighted by molar-refractivity contribution is 7.89. The molecule has 2 aromatic rings. The van der Waals surface area contributed by atoms with Gasteiger partial charge in [-0.1, -0.05) is 12.1 Å². The Bertz CT molecular complexity index is 894. The molecule has 7 nitrogen and oxygen atoms in total. The third-order valence-corrected chi connectivity index (χ3v) is 4.92. The van der Waals surface area contributed by atoms with Gasteiger partial charge in [-0.25, -0.2) is 18.5 Å². The molecule has 12 heteroatoms. The number of hydrogen-bond donors (Lipinski definition) is 3. The van der Waals surface area contributed by atoms with E-state index < -0.39 is 21.9 Å². The molecule has 0 atom stereocenters. The Hall–Kier alpha value is -2.18. The first kappa shape index (κ1) is 20.1. The highest BCUT2D eigenvalue weighted by Gasteiger charge is 2.33.